The zero-order valence-corrected chi connectivity index (χ0v) is 16.5. The molecule has 29 heavy (non-hydrogen) atoms. The Morgan fingerprint density at radius 1 is 1.10 bits per heavy atom. The van der Waals surface area contributed by atoms with Crippen LogP contribution >= 0.6 is 0 Å². The van der Waals surface area contributed by atoms with Crippen molar-refractivity contribution in [2.24, 2.45) is 0 Å². The van der Waals surface area contributed by atoms with E-state index in [9.17, 15) is 4.79 Å². The topological polar surface area (TPSA) is 51.7 Å². The predicted octanol–water partition coefficient (Wildman–Crippen LogP) is 4.33. The number of ether oxygens (including phenoxy) is 2. The summed E-state index contributed by atoms with van der Waals surface area (Å²) in [6, 6.07) is 19.5. The van der Waals surface area contributed by atoms with Crippen LogP contribution in [-0.2, 0) is 4.79 Å². The molecule has 0 N–H and O–H groups in total. The summed E-state index contributed by atoms with van der Waals surface area (Å²) in [5.74, 6) is 1.42. The van der Waals surface area contributed by atoms with Gasteiger partial charge in [0.15, 0.2) is 17.6 Å². The fourth-order valence-corrected chi connectivity index (χ4v) is 3.40. The van der Waals surface area contributed by atoms with Gasteiger partial charge in [-0.3, -0.25) is 4.79 Å². The van der Waals surface area contributed by atoms with Crippen LogP contribution in [-0.4, -0.2) is 41.6 Å². The van der Waals surface area contributed by atoms with Gasteiger partial charge in [0, 0.05) is 18.0 Å². The summed E-state index contributed by atoms with van der Waals surface area (Å²) in [4.78, 5) is 19.2. The molecule has 3 aromatic rings. The van der Waals surface area contributed by atoms with Crippen molar-refractivity contribution in [2.75, 3.05) is 19.7 Å². The lowest BCUT2D eigenvalue weighted by molar-refractivity contribution is -0.127. The maximum atomic E-state index is 12.8. The summed E-state index contributed by atoms with van der Waals surface area (Å²) in [6.45, 7) is 3.63. The van der Waals surface area contributed by atoms with E-state index >= 15 is 0 Å². The molecule has 4 rings (SSSR count). The first kappa shape index (κ1) is 19.0. The summed E-state index contributed by atoms with van der Waals surface area (Å²) in [5.41, 5.74) is 1.68. The average Bonchev–Trinajstić information content (AvgIpc) is 2.77. The van der Waals surface area contributed by atoms with Gasteiger partial charge in [-0.05, 0) is 36.8 Å². The molecule has 0 aliphatic carbocycles. The largest absolute Gasteiger partial charge is 0.486 e. The van der Waals surface area contributed by atoms with Crippen molar-refractivity contribution in [3.8, 4) is 11.5 Å². The molecular formula is C24H24N2O3. The van der Waals surface area contributed by atoms with E-state index in [-0.39, 0.29) is 12.0 Å². The number of para-hydroxylation sites is 3. The summed E-state index contributed by atoms with van der Waals surface area (Å²) in [7, 11) is 0. The minimum Gasteiger partial charge on any atom is -0.486 e. The van der Waals surface area contributed by atoms with Crippen molar-refractivity contribution in [3.05, 3.63) is 72.4 Å². The number of fused-ring (bicyclic) bond motifs is 2. The summed E-state index contributed by atoms with van der Waals surface area (Å²) < 4.78 is 11.8. The molecule has 0 fully saturated rings. The van der Waals surface area contributed by atoms with E-state index in [1.165, 1.54) is 0 Å². The maximum absolute atomic E-state index is 12.8. The minimum atomic E-state index is -0.187. The van der Waals surface area contributed by atoms with Gasteiger partial charge < -0.3 is 14.4 Å². The van der Waals surface area contributed by atoms with Gasteiger partial charge in [-0.1, -0.05) is 43.3 Å². The molecule has 0 unspecified atom stereocenters. The Labute approximate surface area is 170 Å². The van der Waals surface area contributed by atoms with Gasteiger partial charge in [0.2, 0.25) is 5.91 Å². The number of rotatable bonds is 6. The van der Waals surface area contributed by atoms with E-state index in [0.29, 0.717) is 19.7 Å². The van der Waals surface area contributed by atoms with Crippen molar-refractivity contribution in [1.82, 2.24) is 9.88 Å². The molecule has 1 atom stereocenters. The van der Waals surface area contributed by atoms with Crippen LogP contribution in [0.1, 0.15) is 19.0 Å². The Bertz CT molecular complexity index is 1030. The van der Waals surface area contributed by atoms with Gasteiger partial charge in [0.25, 0.3) is 0 Å². The molecule has 5 nitrogen and oxygen atoms in total. The Kier molecular flexibility index (Phi) is 5.75. The van der Waals surface area contributed by atoms with Crippen molar-refractivity contribution in [1.29, 1.82) is 0 Å². The molecule has 5 heteroatoms. The van der Waals surface area contributed by atoms with Gasteiger partial charge in [-0.25, -0.2) is 4.98 Å². The molecule has 0 bridgehead atoms. The number of pyridine rings is 1. The first-order chi connectivity index (χ1) is 14.2. The van der Waals surface area contributed by atoms with Gasteiger partial charge in [-0.15, -0.1) is 0 Å². The Balaban J connectivity index is 1.43. The number of carbonyl (C=O) groups is 1. The van der Waals surface area contributed by atoms with Gasteiger partial charge >= 0.3 is 0 Å². The lowest BCUT2D eigenvalue weighted by Crippen LogP contribution is -2.43. The number of hydrogen-bond acceptors (Lipinski definition) is 4. The molecule has 1 amide bonds. The van der Waals surface area contributed by atoms with E-state index < -0.39 is 0 Å². The van der Waals surface area contributed by atoms with Crippen LogP contribution < -0.4 is 9.47 Å². The normalized spacial score (nSPS) is 15.6. The lowest BCUT2D eigenvalue weighted by atomic mass is 10.2. The molecule has 0 saturated heterocycles. The summed E-state index contributed by atoms with van der Waals surface area (Å²) in [5, 5.41) is 1.08. The molecule has 1 aliphatic rings. The molecule has 0 spiro atoms. The SMILES string of the molecule is CCCN(C[C@H]1COc2ccccc2O1)C(=O)/C=C/c1ccc2ccccc2n1. The van der Waals surface area contributed by atoms with Gasteiger partial charge in [0.1, 0.15) is 6.61 Å². The smallest absolute Gasteiger partial charge is 0.246 e. The summed E-state index contributed by atoms with van der Waals surface area (Å²) >= 11 is 0. The van der Waals surface area contributed by atoms with Crippen LogP contribution in [0.25, 0.3) is 17.0 Å². The second-order valence-corrected chi connectivity index (χ2v) is 7.04. The monoisotopic (exact) mass is 388 g/mol. The first-order valence-corrected chi connectivity index (χ1v) is 9.94. The molecule has 1 aromatic heterocycles. The van der Waals surface area contributed by atoms with Crippen LogP contribution in [0.4, 0.5) is 0 Å². The minimum absolute atomic E-state index is 0.0516. The molecular weight excluding hydrogens is 364 g/mol. The third-order valence-corrected chi connectivity index (χ3v) is 4.81. The molecule has 148 valence electrons. The van der Waals surface area contributed by atoms with Crippen LogP contribution in [0.15, 0.2) is 66.7 Å². The number of amides is 1. The number of aromatic nitrogens is 1. The lowest BCUT2D eigenvalue weighted by Gasteiger charge is -2.30. The Morgan fingerprint density at radius 3 is 2.76 bits per heavy atom. The van der Waals surface area contributed by atoms with Crippen LogP contribution in [0.5, 0.6) is 11.5 Å². The number of carbonyl (C=O) groups excluding carboxylic acids is 1. The highest BCUT2D eigenvalue weighted by atomic mass is 16.6. The van der Waals surface area contributed by atoms with E-state index in [0.717, 1.165) is 34.5 Å². The molecule has 2 heterocycles. The fraction of sp³-hybridized carbons (Fsp3) is 0.250. The van der Waals surface area contributed by atoms with Gasteiger partial charge in [-0.2, -0.15) is 0 Å². The van der Waals surface area contributed by atoms with Crippen molar-refractivity contribution >= 4 is 22.9 Å². The first-order valence-electron chi connectivity index (χ1n) is 9.94. The maximum Gasteiger partial charge on any atom is 0.246 e. The van der Waals surface area contributed by atoms with E-state index in [2.05, 4.69) is 11.9 Å². The zero-order chi connectivity index (χ0) is 20.1. The van der Waals surface area contributed by atoms with E-state index in [1.807, 2.05) is 60.7 Å². The van der Waals surface area contributed by atoms with E-state index in [4.69, 9.17) is 9.47 Å². The standard InChI is InChI=1S/C24H24N2O3/c1-2-15-26(16-20-17-28-22-9-5-6-10-23(22)29-20)24(27)14-13-19-12-11-18-7-3-4-8-21(18)25-19/h3-14,20H,2,15-17H2,1H3/b14-13+/t20-/m0/s1. The molecule has 1 aliphatic heterocycles. The molecule has 2 aromatic carbocycles. The van der Waals surface area contributed by atoms with Crippen LogP contribution in [0.3, 0.4) is 0 Å². The zero-order valence-electron chi connectivity index (χ0n) is 16.5. The Hall–Kier alpha value is -3.34. The molecule has 0 saturated carbocycles. The van der Waals surface area contributed by atoms with Crippen molar-refractivity contribution in [3.63, 3.8) is 0 Å². The third kappa shape index (κ3) is 4.57. The number of hydrogen-bond donors (Lipinski definition) is 0. The number of nitrogens with zero attached hydrogens (tertiary/aromatic N) is 2. The van der Waals surface area contributed by atoms with Crippen LogP contribution in [0, 0.1) is 0 Å². The van der Waals surface area contributed by atoms with Crippen molar-refractivity contribution < 1.29 is 14.3 Å². The highest BCUT2D eigenvalue weighted by molar-refractivity contribution is 5.92. The highest BCUT2D eigenvalue weighted by Gasteiger charge is 2.24. The number of benzene rings is 2. The predicted molar refractivity (Wildman–Crippen MR) is 114 cm³/mol. The van der Waals surface area contributed by atoms with E-state index in [1.54, 1.807) is 17.1 Å². The van der Waals surface area contributed by atoms with Gasteiger partial charge in [0.05, 0.1) is 17.8 Å². The summed E-state index contributed by atoms with van der Waals surface area (Å²) in [6.07, 6.45) is 4.04. The fourth-order valence-electron chi connectivity index (χ4n) is 3.40. The average molecular weight is 388 g/mol. The van der Waals surface area contributed by atoms with Crippen LogP contribution in [0.2, 0.25) is 0 Å². The Morgan fingerprint density at radius 2 is 1.90 bits per heavy atom. The third-order valence-electron chi connectivity index (χ3n) is 4.81. The highest BCUT2D eigenvalue weighted by Crippen LogP contribution is 2.31. The second kappa shape index (κ2) is 8.78. The quantitative estimate of drug-likeness (QED) is 0.590. The van der Waals surface area contributed by atoms with Crippen molar-refractivity contribution in [2.45, 2.75) is 19.4 Å². The molecule has 0 radical (unpaired) electrons. The second-order valence-electron chi connectivity index (χ2n) is 7.04.